The first-order valence-electron chi connectivity index (χ1n) is 7.95. The maximum Gasteiger partial charge on any atom is 0.355 e. The number of aryl methyl sites for hydroxylation is 1. The summed E-state index contributed by atoms with van der Waals surface area (Å²) in [5.41, 5.74) is 0.402. The number of nitrogens with zero attached hydrogens (tertiary/aromatic N) is 3. The van der Waals surface area contributed by atoms with Crippen LogP contribution in [0.4, 0.5) is 0 Å². The molecule has 0 saturated carbocycles. The first-order chi connectivity index (χ1) is 12.1. The lowest BCUT2D eigenvalue weighted by molar-refractivity contribution is -0.136. The van der Waals surface area contributed by atoms with Crippen molar-refractivity contribution in [2.45, 2.75) is 0 Å². The van der Waals surface area contributed by atoms with Crippen LogP contribution in [0.25, 0.3) is 0 Å². The molecule has 0 unspecified atom stereocenters. The van der Waals surface area contributed by atoms with Crippen LogP contribution in [0, 0.1) is 0 Å². The summed E-state index contributed by atoms with van der Waals surface area (Å²) in [5.74, 6) is -0.768. The van der Waals surface area contributed by atoms with E-state index in [1.165, 1.54) is 11.3 Å². The molecule has 3 heterocycles. The summed E-state index contributed by atoms with van der Waals surface area (Å²) < 4.78 is 6.73. The molecule has 2 amide bonds. The molecule has 0 bridgehead atoms. The number of rotatable bonds is 4. The zero-order valence-corrected chi connectivity index (χ0v) is 14.7. The van der Waals surface area contributed by atoms with Gasteiger partial charge in [0.2, 0.25) is 0 Å². The number of amides is 2. The maximum atomic E-state index is 12.3. The molecule has 1 fully saturated rings. The molecule has 0 aromatic carbocycles. The van der Waals surface area contributed by atoms with Gasteiger partial charge in [-0.1, -0.05) is 6.07 Å². The first kappa shape index (κ1) is 17.2. The number of piperazine rings is 1. The molecule has 1 aliphatic rings. The summed E-state index contributed by atoms with van der Waals surface area (Å²) in [7, 11) is 1.74. The van der Waals surface area contributed by atoms with Crippen molar-refractivity contribution in [2.75, 3.05) is 32.8 Å². The average Bonchev–Trinajstić information content (AvgIpc) is 3.30. The van der Waals surface area contributed by atoms with E-state index in [1.54, 1.807) is 45.8 Å². The minimum atomic E-state index is -0.521. The van der Waals surface area contributed by atoms with E-state index < -0.39 is 5.97 Å². The summed E-state index contributed by atoms with van der Waals surface area (Å²) in [6.07, 6.45) is 1.74. The van der Waals surface area contributed by atoms with Crippen LogP contribution in [0.1, 0.15) is 20.2 Å². The summed E-state index contributed by atoms with van der Waals surface area (Å²) >= 11 is 1.41. The van der Waals surface area contributed by atoms with Gasteiger partial charge >= 0.3 is 5.97 Å². The highest BCUT2D eigenvalue weighted by Crippen LogP contribution is 2.14. The van der Waals surface area contributed by atoms with Crippen molar-refractivity contribution in [3.8, 4) is 0 Å². The van der Waals surface area contributed by atoms with Gasteiger partial charge in [0, 0.05) is 39.4 Å². The molecule has 0 aliphatic carbocycles. The number of aromatic nitrogens is 1. The second-order valence-corrected chi connectivity index (χ2v) is 6.68. The average molecular weight is 361 g/mol. The summed E-state index contributed by atoms with van der Waals surface area (Å²) in [6, 6.07) is 7.02. The van der Waals surface area contributed by atoms with Gasteiger partial charge in [0.25, 0.3) is 11.8 Å². The summed E-state index contributed by atoms with van der Waals surface area (Å²) in [4.78, 5) is 40.5. The molecule has 0 atom stereocenters. The lowest BCUT2D eigenvalue weighted by Gasteiger charge is -2.34. The Hall–Kier alpha value is -2.61. The number of hydrogen-bond donors (Lipinski definition) is 0. The van der Waals surface area contributed by atoms with Crippen molar-refractivity contribution in [1.82, 2.24) is 14.4 Å². The predicted octanol–water partition coefficient (Wildman–Crippen LogP) is 1.23. The Kier molecular flexibility index (Phi) is 5.18. The molecule has 2 aromatic heterocycles. The molecule has 132 valence electrons. The standard InChI is InChI=1S/C17H19N3O4S/c1-18-6-2-4-13(18)17(23)24-12-15(21)19-7-9-20(10-8-19)16(22)14-5-3-11-25-14/h2-6,11H,7-10,12H2,1H3. The molecule has 25 heavy (non-hydrogen) atoms. The van der Waals surface area contributed by atoms with Crippen LogP contribution in [0.15, 0.2) is 35.8 Å². The number of carbonyl (C=O) groups excluding carboxylic acids is 3. The third-order valence-electron chi connectivity index (χ3n) is 4.13. The lowest BCUT2D eigenvalue weighted by Crippen LogP contribution is -2.51. The van der Waals surface area contributed by atoms with Crippen molar-refractivity contribution in [3.63, 3.8) is 0 Å². The predicted molar refractivity (Wildman–Crippen MR) is 92.5 cm³/mol. The minimum absolute atomic E-state index is 0.00256. The van der Waals surface area contributed by atoms with E-state index in [-0.39, 0.29) is 18.4 Å². The van der Waals surface area contributed by atoms with Crippen LogP contribution in [-0.4, -0.2) is 64.9 Å². The minimum Gasteiger partial charge on any atom is -0.451 e. The van der Waals surface area contributed by atoms with E-state index in [1.807, 2.05) is 11.4 Å². The number of carbonyl (C=O) groups is 3. The van der Waals surface area contributed by atoms with E-state index in [4.69, 9.17) is 4.74 Å². The van der Waals surface area contributed by atoms with E-state index in [0.717, 1.165) is 0 Å². The van der Waals surface area contributed by atoms with Gasteiger partial charge in [-0.3, -0.25) is 9.59 Å². The Morgan fingerprint density at radius 1 is 1.08 bits per heavy atom. The highest BCUT2D eigenvalue weighted by atomic mass is 32.1. The Labute approximate surface area is 149 Å². The number of esters is 1. The second-order valence-electron chi connectivity index (χ2n) is 5.73. The fourth-order valence-corrected chi connectivity index (χ4v) is 3.37. The largest absolute Gasteiger partial charge is 0.451 e. The fourth-order valence-electron chi connectivity index (χ4n) is 2.68. The Morgan fingerprint density at radius 2 is 1.80 bits per heavy atom. The smallest absolute Gasteiger partial charge is 0.355 e. The summed E-state index contributed by atoms with van der Waals surface area (Å²) in [6.45, 7) is 1.56. The van der Waals surface area contributed by atoms with Gasteiger partial charge in [0.15, 0.2) is 6.61 Å². The molecule has 7 nitrogen and oxygen atoms in total. The van der Waals surface area contributed by atoms with Gasteiger partial charge in [0.05, 0.1) is 4.88 Å². The van der Waals surface area contributed by atoms with Crippen LogP contribution in [0.5, 0.6) is 0 Å². The van der Waals surface area contributed by atoms with Crippen molar-refractivity contribution in [2.24, 2.45) is 7.05 Å². The molecule has 1 saturated heterocycles. The highest BCUT2D eigenvalue weighted by molar-refractivity contribution is 7.12. The number of thiophene rings is 1. The molecule has 8 heteroatoms. The van der Waals surface area contributed by atoms with Crippen molar-refractivity contribution >= 4 is 29.1 Å². The Bertz CT molecular complexity index is 761. The molecule has 0 radical (unpaired) electrons. The van der Waals surface area contributed by atoms with Crippen LogP contribution in [0.3, 0.4) is 0 Å². The van der Waals surface area contributed by atoms with Crippen LogP contribution in [0.2, 0.25) is 0 Å². The lowest BCUT2D eigenvalue weighted by atomic mass is 10.3. The summed E-state index contributed by atoms with van der Waals surface area (Å²) in [5, 5.41) is 1.87. The topological polar surface area (TPSA) is 71.8 Å². The quantitative estimate of drug-likeness (QED) is 0.768. The van der Waals surface area contributed by atoms with E-state index >= 15 is 0 Å². The zero-order valence-electron chi connectivity index (χ0n) is 13.9. The first-order valence-corrected chi connectivity index (χ1v) is 8.83. The van der Waals surface area contributed by atoms with Gasteiger partial charge in [-0.2, -0.15) is 0 Å². The fraction of sp³-hybridized carbons (Fsp3) is 0.353. The highest BCUT2D eigenvalue weighted by Gasteiger charge is 2.26. The normalized spacial score (nSPS) is 14.4. The van der Waals surface area contributed by atoms with Crippen LogP contribution < -0.4 is 0 Å². The van der Waals surface area contributed by atoms with Crippen molar-refractivity contribution in [3.05, 3.63) is 46.4 Å². The third-order valence-corrected chi connectivity index (χ3v) is 4.99. The molecule has 1 aliphatic heterocycles. The van der Waals surface area contributed by atoms with E-state index in [0.29, 0.717) is 36.8 Å². The molecule has 2 aromatic rings. The SMILES string of the molecule is Cn1cccc1C(=O)OCC(=O)N1CCN(C(=O)c2cccs2)CC1. The van der Waals surface area contributed by atoms with Crippen molar-refractivity contribution < 1.29 is 19.1 Å². The second kappa shape index (κ2) is 7.52. The van der Waals surface area contributed by atoms with Crippen LogP contribution >= 0.6 is 11.3 Å². The monoisotopic (exact) mass is 361 g/mol. The van der Waals surface area contributed by atoms with Gasteiger partial charge in [-0.05, 0) is 23.6 Å². The molecule has 3 rings (SSSR count). The third kappa shape index (κ3) is 3.90. The van der Waals surface area contributed by atoms with Gasteiger partial charge in [0.1, 0.15) is 5.69 Å². The van der Waals surface area contributed by atoms with Crippen molar-refractivity contribution in [1.29, 1.82) is 0 Å². The number of hydrogen-bond acceptors (Lipinski definition) is 5. The van der Waals surface area contributed by atoms with E-state index in [2.05, 4.69) is 0 Å². The van der Waals surface area contributed by atoms with E-state index in [9.17, 15) is 14.4 Å². The molecular weight excluding hydrogens is 342 g/mol. The Balaban J connectivity index is 1.46. The molecule has 0 spiro atoms. The molecule has 0 N–H and O–H groups in total. The van der Waals surface area contributed by atoms with Crippen LogP contribution in [-0.2, 0) is 16.6 Å². The van der Waals surface area contributed by atoms with Gasteiger partial charge in [-0.25, -0.2) is 4.79 Å². The Morgan fingerprint density at radius 3 is 2.40 bits per heavy atom. The van der Waals surface area contributed by atoms with Gasteiger partial charge in [-0.15, -0.1) is 11.3 Å². The van der Waals surface area contributed by atoms with Gasteiger partial charge < -0.3 is 19.1 Å². The number of ether oxygens (including phenoxy) is 1. The molecular formula is C17H19N3O4S. The zero-order chi connectivity index (χ0) is 17.8. The maximum absolute atomic E-state index is 12.3.